The molecule has 1 aliphatic rings. The molecule has 12 heteroatoms. The van der Waals surface area contributed by atoms with Crippen LogP contribution in [0, 0.1) is 0 Å². The first-order valence-corrected chi connectivity index (χ1v) is 9.23. The van der Waals surface area contributed by atoms with Gasteiger partial charge in [0.1, 0.15) is 12.7 Å². The van der Waals surface area contributed by atoms with Crippen molar-refractivity contribution in [1.82, 2.24) is 4.73 Å². The van der Waals surface area contributed by atoms with Gasteiger partial charge in [-0.3, -0.25) is 24.0 Å². The van der Waals surface area contributed by atoms with Crippen LogP contribution in [0.3, 0.4) is 0 Å². The molecule has 0 spiro atoms. The molecule has 0 amide bonds. The third-order valence-electron chi connectivity index (χ3n) is 3.95. The lowest BCUT2D eigenvalue weighted by Crippen LogP contribution is -2.64. The average Bonchev–Trinajstić information content (AvgIpc) is 2.65. The van der Waals surface area contributed by atoms with Gasteiger partial charge in [-0.05, 0) is 6.07 Å². The molecule has 31 heavy (non-hydrogen) atoms. The van der Waals surface area contributed by atoms with Crippen molar-refractivity contribution in [2.45, 2.75) is 58.4 Å². The molecule has 0 saturated carbocycles. The van der Waals surface area contributed by atoms with Gasteiger partial charge in [-0.25, -0.2) is 0 Å². The molecule has 0 radical (unpaired) electrons. The Morgan fingerprint density at radius 3 is 2.00 bits per heavy atom. The summed E-state index contributed by atoms with van der Waals surface area (Å²) in [6.45, 7) is 4.07. The molecule has 1 aromatic rings. The molecule has 1 saturated heterocycles. The Morgan fingerprint density at radius 2 is 1.45 bits per heavy atom. The highest BCUT2D eigenvalue weighted by atomic mass is 16.8. The first-order chi connectivity index (χ1) is 14.6. The lowest BCUT2D eigenvalue weighted by molar-refractivity contribution is -0.308. The molecule has 0 aromatic carbocycles. The Morgan fingerprint density at radius 1 is 0.871 bits per heavy atom. The first-order valence-electron chi connectivity index (χ1n) is 9.23. The normalized spacial score (nSPS) is 25.1. The summed E-state index contributed by atoms with van der Waals surface area (Å²) < 4.78 is 27.3. The number of pyridine rings is 1. The first kappa shape index (κ1) is 23.9. The zero-order valence-corrected chi connectivity index (χ0v) is 17.3. The smallest absolute Gasteiger partial charge is 0.303 e. The van der Waals surface area contributed by atoms with Crippen LogP contribution in [0.2, 0.25) is 0 Å². The second kappa shape index (κ2) is 10.6. The van der Waals surface area contributed by atoms with Crippen LogP contribution in [0.15, 0.2) is 29.2 Å². The highest BCUT2D eigenvalue weighted by Gasteiger charge is 2.53. The molecular weight excluding hydrogens is 418 g/mol. The zero-order chi connectivity index (χ0) is 23.1. The van der Waals surface area contributed by atoms with Crippen molar-refractivity contribution in [3.8, 4) is 0 Å². The number of hydrogen-bond donors (Lipinski definition) is 0. The second-order valence-corrected chi connectivity index (χ2v) is 6.54. The summed E-state index contributed by atoms with van der Waals surface area (Å²) in [4.78, 5) is 64.0. The highest BCUT2D eigenvalue weighted by molar-refractivity contribution is 5.68. The number of carbonyl (C=O) groups is 4. The van der Waals surface area contributed by atoms with Gasteiger partial charge in [0.25, 0.3) is 11.8 Å². The molecule has 1 aliphatic heterocycles. The van der Waals surface area contributed by atoms with E-state index < -0.39 is 66.7 Å². The van der Waals surface area contributed by atoms with E-state index in [2.05, 4.69) is 0 Å². The monoisotopic (exact) mass is 441 g/mol. The number of rotatable bonds is 7. The summed E-state index contributed by atoms with van der Waals surface area (Å²) >= 11 is 0. The quantitative estimate of drug-likeness (QED) is 0.393. The van der Waals surface area contributed by atoms with Crippen LogP contribution in [0.4, 0.5) is 0 Å². The van der Waals surface area contributed by atoms with Crippen LogP contribution < -0.4 is 10.4 Å². The summed E-state index contributed by atoms with van der Waals surface area (Å²) in [5, 5.41) is 0. The van der Waals surface area contributed by atoms with Crippen molar-refractivity contribution in [3.63, 3.8) is 0 Å². The van der Waals surface area contributed by atoms with Crippen molar-refractivity contribution in [3.05, 3.63) is 34.7 Å². The molecule has 0 N–H and O–H groups in total. The molecule has 170 valence electrons. The molecule has 2 rings (SSSR count). The minimum absolute atomic E-state index is 0.401. The maximum absolute atomic E-state index is 12.0. The summed E-state index contributed by atoms with van der Waals surface area (Å²) in [5.74, 6) is -2.95. The van der Waals surface area contributed by atoms with Crippen LogP contribution in [-0.2, 0) is 42.9 Å². The number of hydrogen-bond acceptors (Lipinski definition) is 11. The molecule has 2 heterocycles. The van der Waals surface area contributed by atoms with E-state index in [4.69, 9.17) is 28.5 Å². The molecule has 0 unspecified atom stereocenters. The van der Waals surface area contributed by atoms with E-state index in [0.717, 1.165) is 32.4 Å². The van der Waals surface area contributed by atoms with Gasteiger partial charge < -0.3 is 28.5 Å². The average molecular weight is 441 g/mol. The van der Waals surface area contributed by atoms with Gasteiger partial charge in [0.15, 0.2) is 12.2 Å². The van der Waals surface area contributed by atoms with Crippen LogP contribution in [0.25, 0.3) is 0 Å². The Labute approximate surface area is 176 Å². The standard InChI is InChI=1S/C19H23NO11/c1-10(21)26-9-14-16(27-11(2)22)17(28-12(3)23)18(29-13(4)24)19(30-14)31-20-8-6-5-7-15(20)25/h5-8,14,16-19H,9H2,1-4H3/t14-,16-,17+,18-,19+/m1/s1. The number of ether oxygens (including phenoxy) is 5. The van der Waals surface area contributed by atoms with Crippen molar-refractivity contribution in [2.24, 2.45) is 0 Å². The summed E-state index contributed by atoms with van der Waals surface area (Å²) in [6, 6.07) is 4.20. The maximum atomic E-state index is 12.0. The van der Waals surface area contributed by atoms with E-state index in [1.807, 2.05) is 0 Å². The minimum Gasteiger partial charge on any atom is -0.463 e. The van der Waals surface area contributed by atoms with E-state index in [9.17, 15) is 24.0 Å². The van der Waals surface area contributed by atoms with E-state index in [-0.39, 0.29) is 0 Å². The van der Waals surface area contributed by atoms with E-state index in [1.165, 1.54) is 24.4 Å². The summed E-state index contributed by atoms with van der Waals surface area (Å²) in [5.41, 5.74) is -0.560. The Hall–Kier alpha value is -3.41. The van der Waals surface area contributed by atoms with Crippen LogP contribution in [0.5, 0.6) is 0 Å². The fourth-order valence-electron chi connectivity index (χ4n) is 2.89. The minimum atomic E-state index is -1.49. The molecule has 1 aromatic heterocycles. The van der Waals surface area contributed by atoms with Gasteiger partial charge in [-0.15, -0.1) is 4.73 Å². The SMILES string of the molecule is CC(=O)OC[C@H]1O[C@@H](On2ccccc2=O)[C@H](OC(C)=O)[C@@H](OC(C)=O)[C@@H]1OC(C)=O. The van der Waals surface area contributed by atoms with Crippen molar-refractivity contribution in [1.29, 1.82) is 0 Å². The maximum Gasteiger partial charge on any atom is 0.303 e. The van der Waals surface area contributed by atoms with Gasteiger partial charge >= 0.3 is 23.9 Å². The van der Waals surface area contributed by atoms with Crippen molar-refractivity contribution in [2.75, 3.05) is 6.61 Å². The summed E-state index contributed by atoms with van der Waals surface area (Å²) in [6.07, 6.45) is -5.49. The number of aromatic nitrogens is 1. The molecule has 1 fully saturated rings. The van der Waals surface area contributed by atoms with Gasteiger partial charge in [0.05, 0.1) is 0 Å². The highest BCUT2D eigenvalue weighted by Crippen LogP contribution is 2.29. The second-order valence-electron chi connectivity index (χ2n) is 6.54. The predicted octanol–water partition coefficient (Wildman–Crippen LogP) is -0.640. The zero-order valence-electron chi connectivity index (χ0n) is 17.3. The number of esters is 4. The molecule has 0 aliphatic carbocycles. The Kier molecular flexibility index (Phi) is 8.14. The van der Waals surface area contributed by atoms with Crippen LogP contribution in [0.1, 0.15) is 27.7 Å². The van der Waals surface area contributed by atoms with Crippen molar-refractivity contribution < 1.29 is 47.7 Å². The van der Waals surface area contributed by atoms with Gasteiger partial charge in [-0.1, -0.05) is 6.07 Å². The van der Waals surface area contributed by atoms with Gasteiger partial charge in [0, 0.05) is 40.0 Å². The Balaban J connectivity index is 2.47. The molecule has 0 bridgehead atoms. The van der Waals surface area contributed by atoms with E-state index in [1.54, 1.807) is 0 Å². The summed E-state index contributed by atoms with van der Waals surface area (Å²) in [7, 11) is 0. The topological polar surface area (TPSA) is 146 Å². The molecular formula is C19H23NO11. The Bertz CT molecular complexity index is 880. The van der Waals surface area contributed by atoms with Crippen LogP contribution >= 0.6 is 0 Å². The number of carbonyl (C=O) groups excluding carboxylic acids is 4. The third-order valence-corrected chi connectivity index (χ3v) is 3.95. The third kappa shape index (κ3) is 6.81. The van der Waals surface area contributed by atoms with E-state index >= 15 is 0 Å². The van der Waals surface area contributed by atoms with Gasteiger partial charge in [0.2, 0.25) is 6.10 Å². The van der Waals surface area contributed by atoms with Crippen molar-refractivity contribution >= 4 is 23.9 Å². The largest absolute Gasteiger partial charge is 0.463 e. The fourth-order valence-corrected chi connectivity index (χ4v) is 2.89. The van der Waals surface area contributed by atoms with Crippen LogP contribution in [-0.4, -0.2) is 65.9 Å². The van der Waals surface area contributed by atoms with E-state index in [0.29, 0.717) is 0 Å². The fraction of sp³-hybridized carbons (Fsp3) is 0.526. The van der Waals surface area contributed by atoms with Gasteiger partial charge in [-0.2, -0.15) is 0 Å². The molecule has 5 atom stereocenters. The molecule has 12 nitrogen and oxygen atoms in total. The lowest BCUT2D eigenvalue weighted by Gasteiger charge is -2.43. The number of nitrogens with zero attached hydrogens (tertiary/aromatic N) is 1. The lowest BCUT2D eigenvalue weighted by atomic mass is 9.98. The predicted molar refractivity (Wildman–Crippen MR) is 99.2 cm³/mol.